The van der Waals surface area contributed by atoms with Gasteiger partial charge in [-0.3, -0.25) is 9.59 Å². The van der Waals surface area contributed by atoms with Crippen molar-refractivity contribution in [2.24, 2.45) is 5.92 Å². The molecule has 2 heterocycles. The maximum Gasteiger partial charge on any atom is 0.319 e. The number of benzene rings is 2. The molecule has 0 bridgehead atoms. The van der Waals surface area contributed by atoms with Gasteiger partial charge in [0.25, 0.3) is 0 Å². The number of carbonyl (C=O) groups excluding carboxylic acids is 2. The lowest BCUT2D eigenvalue weighted by atomic mass is 9.74. The van der Waals surface area contributed by atoms with E-state index in [1.807, 2.05) is 18.2 Å². The van der Waals surface area contributed by atoms with E-state index in [4.69, 9.17) is 4.74 Å². The summed E-state index contributed by atoms with van der Waals surface area (Å²) in [4.78, 5) is 27.6. The number of amides is 1. The number of nitrogens with zero attached hydrogens (tertiary/aromatic N) is 1. The fourth-order valence-corrected chi connectivity index (χ4v) is 4.15. The minimum Gasteiger partial charge on any atom is -0.465 e. The van der Waals surface area contributed by atoms with Crippen LogP contribution in [0.15, 0.2) is 42.5 Å². The van der Waals surface area contributed by atoms with Crippen LogP contribution in [-0.2, 0) is 20.7 Å². The molecule has 5 heteroatoms. The van der Waals surface area contributed by atoms with Crippen LogP contribution in [0.25, 0.3) is 0 Å². The summed E-state index contributed by atoms with van der Waals surface area (Å²) in [6.07, 6.45) is 1.78. The smallest absolute Gasteiger partial charge is 0.319 e. The van der Waals surface area contributed by atoms with E-state index in [2.05, 4.69) is 0 Å². The Kier molecular flexibility index (Phi) is 4.23. The van der Waals surface area contributed by atoms with Gasteiger partial charge < -0.3 is 9.64 Å². The number of aryl methyl sites for hydroxylation is 1. The molecule has 2 aliphatic rings. The van der Waals surface area contributed by atoms with Crippen molar-refractivity contribution in [3.63, 3.8) is 0 Å². The quantitative estimate of drug-likeness (QED) is 0.627. The fraction of sp³-hybridized carbons (Fsp3) is 0.333. The summed E-state index contributed by atoms with van der Waals surface area (Å²) in [5.41, 5.74) is 3.72. The summed E-state index contributed by atoms with van der Waals surface area (Å²) in [5, 5.41) is 0. The van der Waals surface area contributed by atoms with E-state index in [0.717, 1.165) is 35.2 Å². The van der Waals surface area contributed by atoms with Gasteiger partial charge in [0, 0.05) is 12.5 Å². The molecule has 134 valence electrons. The summed E-state index contributed by atoms with van der Waals surface area (Å²) < 4.78 is 18.6. The van der Waals surface area contributed by atoms with Crippen LogP contribution in [0.5, 0.6) is 0 Å². The number of anilines is 1. The third-order valence-electron chi connectivity index (χ3n) is 5.22. The first-order valence-corrected chi connectivity index (χ1v) is 8.97. The van der Waals surface area contributed by atoms with Crippen LogP contribution in [-0.4, -0.2) is 25.0 Å². The van der Waals surface area contributed by atoms with Gasteiger partial charge in [0.15, 0.2) is 0 Å². The number of hydrogen-bond acceptors (Lipinski definition) is 3. The van der Waals surface area contributed by atoms with Crippen molar-refractivity contribution in [1.29, 1.82) is 0 Å². The molecule has 2 atom stereocenters. The third kappa shape index (κ3) is 2.59. The second-order valence-electron chi connectivity index (χ2n) is 6.71. The van der Waals surface area contributed by atoms with Crippen LogP contribution in [0.4, 0.5) is 10.1 Å². The topological polar surface area (TPSA) is 46.6 Å². The zero-order valence-electron chi connectivity index (χ0n) is 14.6. The van der Waals surface area contributed by atoms with E-state index in [9.17, 15) is 14.0 Å². The predicted molar refractivity (Wildman–Crippen MR) is 95.5 cm³/mol. The number of para-hydroxylation sites is 1. The first-order chi connectivity index (χ1) is 12.6. The molecule has 1 amide bonds. The summed E-state index contributed by atoms with van der Waals surface area (Å²) in [6.45, 7) is 2.55. The van der Waals surface area contributed by atoms with Gasteiger partial charge in [0.2, 0.25) is 5.91 Å². The van der Waals surface area contributed by atoms with E-state index >= 15 is 0 Å². The average Bonchev–Trinajstić information content (AvgIpc) is 2.65. The Morgan fingerprint density at radius 2 is 2.00 bits per heavy atom. The Morgan fingerprint density at radius 1 is 1.23 bits per heavy atom. The molecular formula is C21H20FNO3. The van der Waals surface area contributed by atoms with Crippen LogP contribution in [0.3, 0.4) is 0 Å². The Balaban J connectivity index is 1.92. The minimum atomic E-state index is -0.943. The third-order valence-corrected chi connectivity index (χ3v) is 5.22. The fourth-order valence-electron chi connectivity index (χ4n) is 4.15. The van der Waals surface area contributed by atoms with Gasteiger partial charge >= 0.3 is 5.97 Å². The highest BCUT2D eigenvalue weighted by molar-refractivity contribution is 6.10. The minimum absolute atomic E-state index is 0.214. The standard InChI is InChI=1S/C21H20FNO3/c1-2-26-21(25)18-17(13-8-10-15(22)11-9-13)16-7-3-5-14-6-4-12-23(19(14)16)20(18)24/h3,5,7-11,17-18H,2,4,6,12H2,1H3. The van der Waals surface area contributed by atoms with Gasteiger partial charge in [-0.1, -0.05) is 30.3 Å². The lowest BCUT2D eigenvalue weighted by Crippen LogP contribution is -2.49. The number of ether oxygens (including phenoxy) is 1. The van der Waals surface area contributed by atoms with Gasteiger partial charge in [0.1, 0.15) is 11.7 Å². The maximum absolute atomic E-state index is 13.4. The molecule has 0 aromatic heterocycles. The molecule has 4 nitrogen and oxygen atoms in total. The number of carbonyl (C=O) groups is 2. The Hall–Kier alpha value is -2.69. The normalized spacial score (nSPS) is 21.3. The van der Waals surface area contributed by atoms with Crippen molar-refractivity contribution in [2.45, 2.75) is 25.7 Å². The van der Waals surface area contributed by atoms with Crippen LogP contribution < -0.4 is 4.90 Å². The highest BCUT2D eigenvalue weighted by atomic mass is 19.1. The first kappa shape index (κ1) is 16.8. The van der Waals surface area contributed by atoms with E-state index in [1.165, 1.54) is 12.1 Å². The number of esters is 1. The van der Waals surface area contributed by atoms with E-state index in [0.29, 0.717) is 6.54 Å². The molecule has 2 unspecified atom stereocenters. The molecule has 0 N–H and O–H groups in total. The average molecular weight is 353 g/mol. The van der Waals surface area contributed by atoms with Crippen molar-refractivity contribution in [2.75, 3.05) is 18.1 Å². The van der Waals surface area contributed by atoms with Crippen LogP contribution >= 0.6 is 0 Å². The highest BCUT2D eigenvalue weighted by Crippen LogP contribution is 2.47. The molecule has 0 radical (unpaired) electrons. The zero-order valence-corrected chi connectivity index (χ0v) is 14.6. The number of halogens is 1. The molecule has 2 aliphatic heterocycles. The molecule has 2 aromatic carbocycles. The SMILES string of the molecule is CCOC(=O)C1C(=O)N2CCCc3cccc(c32)C1c1ccc(F)cc1. The van der Waals surface area contributed by atoms with Gasteiger partial charge in [-0.2, -0.15) is 0 Å². The second kappa shape index (κ2) is 6.56. The molecule has 0 aliphatic carbocycles. The lowest BCUT2D eigenvalue weighted by molar-refractivity contribution is -0.152. The Bertz CT molecular complexity index is 862. The van der Waals surface area contributed by atoms with Gasteiger partial charge in [-0.25, -0.2) is 4.39 Å². The van der Waals surface area contributed by atoms with Crippen molar-refractivity contribution >= 4 is 17.6 Å². The molecule has 0 saturated heterocycles. The summed E-state index contributed by atoms with van der Waals surface area (Å²) in [6, 6.07) is 12.0. The largest absolute Gasteiger partial charge is 0.465 e. The van der Waals surface area contributed by atoms with Crippen molar-refractivity contribution in [1.82, 2.24) is 0 Å². The van der Waals surface area contributed by atoms with Gasteiger partial charge in [-0.15, -0.1) is 0 Å². The monoisotopic (exact) mass is 353 g/mol. The van der Waals surface area contributed by atoms with Crippen LogP contribution in [0, 0.1) is 11.7 Å². The van der Waals surface area contributed by atoms with Gasteiger partial charge in [-0.05, 0) is 48.6 Å². The molecule has 0 saturated carbocycles. The Labute approximate surface area is 151 Å². The van der Waals surface area contributed by atoms with E-state index in [1.54, 1.807) is 24.0 Å². The van der Waals surface area contributed by atoms with Gasteiger partial charge in [0.05, 0.1) is 12.3 Å². The Morgan fingerprint density at radius 3 is 2.73 bits per heavy atom. The summed E-state index contributed by atoms with van der Waals surface area (Å²) in [5.74, 6) is -2.50. The summed E-state index contributed by atoms with van der Waals surface area (Å²) in [7, 11) is 0. The lowest BCUT2D eigenvalue weighted by Gasteiger charge is -2.41. The number of rotatable bonds is 3. The van der Waals surface area contributed by atoms with E-state index in [-0.39, 0.29) is 18.3 Å². The second-order valence-corrected chi connectivity index (χ2v) is 6.71. The maximum atomic E-state index is 13.4. The molecular weight excluding hydrogens is 333 g/mol. The summed E-state index contributed by atoms with van der Waals surface area (Å²) >= 11 is 0. The highest BCUT2D eigenvalue weighted by Gasteiger charge is 2.47. The first-order valence-electron chi connectivity index (χ1n) is 8.97. The molecule has 0 spiro atoms. The molecule has 0 fully saturated rings. The van der Waals surface area contributed by atoms with Crippen molar-refractivity contribution in [3.05, 3.63) is 65.0 Å². The van der Waals surface area contributed by atoms with Crippen LogP contribution in [0.1, 0.15) is 36.0 Å². The molecule has 2 aromatic rings. The predicted octanol–water partition coefficient (Wildman–Crippen LogP) is 3.43. The molecule has 4 rings (SSSR count). The number of hydrogen-bond donors (Lipinski definition) is 0. The van der Waals surface area contributed by atoms with E-state index < -0.39 is 17.8 Å². The zero-order chi connectivity index (χ0) is 18.3. The molecule has 26 heavy (non-hydrogen) atoms. The van der Waals surface area contributed by atoms with Crippen LogP contribution in [0.2, 0.25) is 0 Å². The van der Waals surface area contributed by atoms with Crippen molar-refractivity contribution < 1.29 is 18.7 Å². The van der Waals surface area contributed by atoms with Crippen molar-refractivity contribution in [3.8, 4) is 0 Å².